The largest absolute Gasteiger partial charge is 0.507 e. The number of halogens is 3. The highest BCUT2D eigenvalue weighted by molar-refractivity contribution is 6.04. The standard InChI is InChI=1S/C21H24F3N5O2/c1-3-5-15-17(7-6-16(18(15)30)19(26)21(22,23)24)31-11-4-10-29(2)20-27-12-14(8-9-25)13-28-20/h6-7,12-13,26,30H,3-5,8,10-11H2,1-2H3. The van der Waals surface area contributed by atoms with Crippen LogP contribution in [0.2, 0.25) is 0 Å². The molecule has 0 unspecified atom stereocenters. The van der Waals surface area contributed by atoms with Crippen molar-refractivity contribution in [1.29, 1.82) is 10.7 Å². The molecule has 2 N–H and O–H groups in total. The Hall–Kier alpha value is -3.35. The lowest BCUT2D eigenvalue weighted by molar-refractivity contribution is -0.0588. The van der Waals surface area contributed by atoms with Crippen molar-refractivity contribution in [2.75, 3.05) is 25.1 Å². The van der Waals surface area contributed by atoms with E-state index < -0.39 is 23.2 Å². The van der Waals surface area contributed by atoms with E-state index in [9.17, 15) is 18.3 Å². The lowest BCUT2D eigenvalue weighted by atomic mass is 10.00. The van der Waals surface area contributed by atoms with Gasteiger partial charge in [0.2, 0.25) is 5.95 Å². The first-order valence-electron chi connectivity index (χ1n) is 9.71. The van der Waals surface area contributed by atoms with Crippen LogP contribution in [-0.4, -0.2) is 47.2 Å². The van der Waals surface area contributed by atoms with E-state index in [-0.39, 0.29) is 18.6 Å². The lowest BCUT2D eigenvalue weighted by Crippen LogP contribution is -2.23. The number of phenols is 1. The van der Waals surface area contributed by atoms with Crippen molar-refractivity contribution in [3.05, 3.63) is 41.2 Å². The second kappa shape index (κ2) is 10.6. The number of anilines is 1. The summed E-state index contributed by atoms with van der Waals surface area (Å²) in [7, 11) is 1.81. The van der Waals surface area contributed by atoms with Crippen molar-refractivity contribution < 1.29 is 23.0 Å². The van der Waals surface area contributed by atoms with Crippen molar-refractivity contribution in [3.8, 4) is 17.6 Å². The van der Waals surface area contributed by atoms with E-state index in [0.717, 1.165) is 11.6 Å². The predicted molar refractivity (Wildman–Crippen MR) is 110 cm³/mol. The maximum Gasteiger partial charge on any atom is 0.433 e. The van der Waals surface area contributed by atoms with Crippen LogP contribution < -0.4 is 9.64 Å². The molecule has 1 aromatic carbocycles. The molecule has 0 fully saturated rings. The first-order chi connectivity index (χ1) is 14.7. The number of phenolic OH excluding ortho intramolecular Hbond substituents is 1. The number of hydrogen-bond donors (Lipinski definition) is 2. The minimum absolute atomic E-state index is 0.242. The molecule has 0 bridgehead atoms. The molecule has 0 atom stereocenters. The molecule has 0 aliphatic heterocycles. The van der Waals surface area contributed by atoms with Crippen LogP contribution in [0.4, 0.5) is 19.1 Å². The van der Waals surface area contributed by atoms with Gasteiger partial charge < -0.3 is 14.7 Å². The van der Waals surface area contributed by atoms with Gasteiger partial charge in [-0.1, -0.05) is 13.3 Å². The third-order valence-electron chi connectivity index (χ3n) is 4.50. The van der Waals surface area contributed by atoms with Crippen molar-refractivity contribution in [1.82, 2.24) is 9.97 Å². The lowest BCUT2D eigenvalue weighted by Gasteiger charge is -2.19. The van der Waals surface area contributed by atoms with Crippen LogP contribution in [0.3, 0.4) is 0 Å². The topological polar surface area (TPSA) is 106 Å². The number of aromatic nitrogens is 2. The molecule has 10 heteroatoms. The van der Waals surface area contributed by atoms with Crippen LogP contribution in [0.15, 0.2) is 24.5 Å². The molecule has 0 saturated carbocycles. The molecular formula is C21H24F3N5O2. The van der Waals surface area contributed by atoms with E-state index >= 15 is 0 Å². The van der Waals surface area contributed by atoms with E-state index in [4.69, 9.17) is 15.4 Å². The first kappa shape index (κ1) is 23.9. The molecule has 2 rings (SSSR count). The highest BCUT2D eigenvalue weighted by atomic mass is 19.4. The van der Waals surface area contributed by atoms with Gasteiger partial charge in [0.1, 0.15) is 17.2 Å². The molecule has 0 aliphatic rings. The summed E-state index contributed by atoms with van der Waals surface area (Å²) in [6, 6.07) is 4.45. The minimum Gasteiger partial charge on any atom is -0.507 e. The Morgan fingerprint density at radius 2 is 1.97 bits per heavy atom. The van der Waals surface area contributed by atoms with Crippen LogP contribution in [0.25, 0.3) is 0 Å². The summed E-state index contributed by atoms with van der Waals surface area (Å²) in [6.45, 7) is 2.66. The molecule has 166 valence electrons. The Labute approximate surface area is 178 Å². The zero-order chi connectivity index (χ0) is 23.0. The summed E-state index contributed by atoms with van der Waals surface area (Å²) >= 11 is 0. The zero-order valence-corrected chi connectivity index (χ0v) is 17.3. The maximum absolute atomic E-state index is 12.9. The van der Waals surface area contributed by atoms with Crippen LogP contribution in [0, 0.1) is 16.7 Å². The number of benzene rings is 1. The molecule has 1 aromatic heterocycles. The number of ether oxygens (including phenoxy) is 1. The van der Waals surface area contributed by atoms with Crippen LogP contribution in [0.1, 0.15) is 36.5 Å². The average Bonchev–Trinajstić information content (AvgIpc) is 2.73. The van der Waals surface area contributed by atoms with Gasteiger partial charge in [-0.25, -0.2) is 9.97 Å². The van der Waals surface area contributed by atoms with Gasteiger partial charge in [-0.15, -0.1) is 0 Å². The van der Waals surface area contributed by atoms with Crippen LogP contribution in [-0.2, 0) is 12.8 Å². The summed E-state index contributed by atoms with van der Waals surface area (Å²) in [4.78, 5) is 10.2. The molecule has 2 aromatic rings. The van der Waals surface area contributed by atoms with E-state index in [1.807, 2.05) is 24.9 Å². The van der Waals surface area contributed by atoms with Gasteiger partial charge in [0.25, 0.3) is 0 Å². The fourth-order valence-corrected chi connectivity index (χ4v) is 2.91. The fraction of sp³-hybridized carbons (Fsp3) is 0.429. The van der Waals surface area contributed by atoms with Gasteiger partial charge in [0, 0.05) is 42.7 Å². The number of nitriles is 1. The highest BCUT2D eigenvalue weighted by Crippen LogP contribution is 2.35. The van der Waals surface area contributed by atoms with Crippen LogP contribution >= 0.6 is 0 Å². The Balaban J connectivity index is 2.00. The van der Waals surface area contributed by atoms with Crippen molar-refractivity contribution in [3.63, 3.8) is 0 Å². The first-order valence-corrected chi connectivity index (χ1v) is 9.71. The number of hydrogen-bond acceptors (Lipinski definition) is 7. The van der Waals surface area contributed by atoms with Crippen molar-refractivity contribution in [2.45, 2.75) is 38.8 Å². The Morgan fingerprint density at radius 3 is 2.55 bits per heavy atom. The van der Waals surface area contributed by atoms with Gasteiger partial charge in [0.05, 0.1) is 19.1 Å². The van der Waals surface area contributed by atoms with E-state index in [1.165, 1.54) is 6.07 Å². The number of rotatable bonds is 10. The maximum atomic E-state index is 12.9. The smallest absolute Gasteiger partial charge is 0.433 e. The minimum atomic E-state index is -4.84. The van der Waals surface area contributed by atoms with Gasteiger partial charge in [-0.3, -0.25) is 5.41 Å². The van der Waals surface area contributed by atoms with Gasteiger partial charge in [0.15, 0.2) is 0 Å². The van der Waals surface area contributed by atoms with Gasteiger partial charge in [-0.2, -0.15) is 18.4 Å². The molecule has 1 heterocycles. The summed E-state index contributed by atoms with van der Waals surface area (Å²) in [5.74, 6) is 0.239. The quantitative estimate of drug-likeness (QED) is 0.431. The van der Waals surface area contributed by atoms with Crippen LogP contribution in [0.5, 0.6) is 11.5 Å². The third kappa shape index (κ3) is 6.31. The molecule has 0 saturated heterocycles. The van der Waals surface area contributed by atoms with Gasteiger partial charge >= 0.3 is 6.18 Å². The molecule has 7 nitrogen and oxygen atoms in total. The predicted octanol–water partition coefficient (Wildman–Crippen LogP) is 4.04. The molecule has 0 spiro atoms. The monoisotopic (exact) mass is 435 g/mol. The van der Waals surface area contributed by atoms with Crippen molar-refractivity contribution >= 4 is 11.7 Å². The van der Waals surface area contributed by atoms with E-state index in [0.29, 0.717) is 37.5 Å². The fourth-order valence-electron chi connectivity index (χ4n) is 2.91. The normalized spacial score (nSPS) is 11.1. The Bertz CT molecular complexity index is 940. The molecule has 0 radical (unpaired) electrons. The molecule has 0 amide bonds. The Morgan fingerprint density at radius 1 is 1.29 bits per heavy atom. The number of nitrogens with one attached hydrogen (secondary N) is 1. The SMILES string of the molecule is CCCc1c(OCCCN(C)c2ncc(CC#N)cn2)ccc(C(=N)C(F)(F)F)c1O. The van der Waals surface area contributed by atoms with E-state index in [2.05, 4.69) is 9.97 Å². The van der Waals surface area contributed by atoms with E-state index in [1.54, 1.807) is 12.4 Å². The molecule has 31 heavy (non-hydrogen) atoms. The summed E-state index contributed by atoms with van der Waals surface area (Å²) in [5, 5.41) is 26.3. The number of alkyl halides is 3. The highest BCUT2D eigenvalue weighted by Gasteiger charge is 2.37. The second-order valence-corrected chi connectivity index (χ2v) is 6.91. The third-order valence-corrected chi connectivity index (χ3v) is 4.50. The summed E-state index contributed by atoms with van der Waals surface area (Å²) in [6.07, 6.45) is 0.0788. The van der Waals surface area contributed by atoms with Gasteiger partial charge in [-0.05, 0) is 25.0 Å². The number of nitrogens with zero attached hydrogens (tertiary/aromatic N) is 4. The zero-order valence-electron chi connectivity index (χ0n) is 17.3. The molecule has 0 aliphatic carbocycles. The summed E-state index contributed by atoms with van der Waals surface area (Å²) in [5.41, 5.74) is -1.15. The number of aromatic hydroxyl groups is 1. The Kier molecular flexibility index (Phi) is 8.19. The molecular weight excluding hydrogens is 411 g/mol. The average molecular weight is 435 g/mol. The second-order valence-electron chi connectivity index (χ2n) is 6.91. The van der Waals surface area contributed by atoms with Crippen molar-refractivity contribution in [2.24, 2.45) is 0 Å². The summed E-state index contributed by atoms with van der Waals surface area (Å²) < 4.78 is 44.3.